The summed E-state index contributed by atoms with van der Waals surface area (Å²) in [5, 5.41) is 0. The smallest absolute Gasteiger partial charge is 0.180 e. The van der Waals surface area contributed by atoms with Crippen molar-refractivity contribution in [3.8, 4) is 10.6 Å². The molecule has 0 unspecified atom stereocenters. The third-order valence-corrected chi connectivity index (χ3v) is 3.47. The summed E-state index contributed by atoms with van der Waals surface area (Å²) < 4.78 is 0.998. The molecule has 78 valence electrons. The largest absolute Gasteiger partial charge is 0.399 e. The molecule has 0 bridgehead atoms. The Balaban J connectivity index is 2.46. The lowest BCUT2D eigenvalue weighted by Gasteiger charge is -2.05. The van der Waals surface area contributed by atoms with Crippen molar-refractivity contribution in [3.05, 3.63) is 46.6 Å². The number of nitrogens with two attached hydrogens (primary N) is 1. The van der Waals surface area contributed by atoms with Crippen molar-refractivity contribution in [1.29, 1.82) is 0 Å². The number of hydrogen-bond acceptors (Lipinski definition) is 4. The molecule has 4 heteroatoms. The second-order valence-electron chi connectivity index (χ2n) is 3.57. The fourth-order valence-corrected chi connectivity index (χ4v) is 2.67. The lowest BCUT2D eigenvalue weighted by Crippen LogP contribution is -1.98. The van der Waals surface area contributed by atoms with Crippen LogP contribution >= 0.6 is 11.3 Å². The first kappa shape index (κ1) is 9.30. The van der Waals surface area contributed by atoms with E-state index in [0.717, 1.165) is 20.8 Å². The maximum absolute atomic E-state index is 11.2. The number of benzene rings is 2. The molecular weight excluding hydrogens is 220 g/mol. The molecule has 1 aromatic carbocycles. The van der Waals surface area contributed by atoms with Crippen LogP contribution in [0.5, 0.6) is 0 Å². The summed E-state index contributed by atoms with van der Waals surface area (Å²) in [6, 6.07) is 10.5. The molecule has 16 heavy (non-hydrogen) atoms. The van der Waals surface area contributed by atoms with E-state index in [1.165, 1.54) is 17.4 Å². The molecule has 0 atom stereocenters. The zero-order valence-corrected chi connectivity index (χ0v) is 9.12. The topological polar surface area (TPSA) is 56.0 Å². The summed E-state index contributed by atoms with van der Waals surface area (Å²) in [5.74, 6) is 0. The molecule has 0 radical (unpaired) electrons. The maximum Gasteiger partial charge on any atom is 0.180 e. The number of nitrogen functional groups attached to an aromatic ring is 1. The van der Waals surface area contributed by atoms with Crippen LogP contribution in [0.25, 0.3) is 20.8 Å². The number of hydrogen-bond donors (Lipinski definition) is 1. The summed E-state index contributed by atoms with van der Waals surface area (Å²) in [5.41, 5.74) is 8.19. The summed E-state index contributed by atoms with van der Waals surface area (Å²) >= 11 is 1.54. The van der Waals surface area contributed by atoms with Crippen molar-refractivity contribution in [1.82, 2.24) is 4.98 Å². The summed E-state index contributed by atoms with van der Waals surface area (Å²) in [7, 11) is 0. The van der Waals surface area contributed by atoms with E-state index in [9.17, 15) is 4.79 Å². The van der Waals surface area contributed by atoms with Crippen molar-refractivity contribution < 1.29 is 0 Å². The van der Waals surface area contributed by atoms with E-state index in [-0.39, 0.29) is 5.43 Å². The van der Waals surface area contributed by atoms with Crippen LogP contribution in [0, 0.1) is 0 Å². The molecular formula is C12H8N2OS. The molecule has 2 N–H and O–H groups in total. The highest BCUT2D eigenvalue weighted by atomic mass is 32.1. The Hall–Kier alpha value is -1.94. The monoisotopic (exact) mass is 228 g/mol. The van der Waals surface area contributed by atoms with Crippen LogP contribution in [0.3, 0.4) is 0 Å². The molecule has 1 heterocycles. The van der Waals surface area contributed by atoms with Gasteiger partial charge in [0.15, 0.2) is 5.43 Å². The zero-order chi connectivity index (χ0) is 11.1. The van der Waals surface area contributed by atoms with Crippen molar-refractivity contribution in [3.63, 3.8) is 0 Å². The molecule has 0 amide bonds. The highest BCUT2D eigenvalue weighted by Crippen LogP contribution is 2.30. The van der Waals surface area contributed by atoms with Crippen molar-refractivity contribution in [2.45, 2.75) is 0 Å². The van der Waals surface area contributed by atoms with Crippen LogP contribution in [0.15, 0.2) is 41.2 Å². The molecule has 3 nitrogen and oxygen atoms in total. The Bertz CT molecular complexity index is 705. The summed E-state index contributed by atoms with van der Waals surface area (Å²) in [6.07, 6.45) is 0. The molecule has 0 saturated heterocycles. The van der Waals surface area contributed by atoms with Crippen LogP contribution in [0.4, 0.5) is 5.69 Å². The van der Waals surface area contributed by atoms with E-state index in [1.807, 2.05) is 18.2 Å². The van der Waals surface area contributed by atoms with Crippen LogP contribution in [0.1, 0.15) is 0 Å². The van der Waals surface area contributed by atoms with Gasteiger partial charge in [0.1, 0.15) is 0 Å². The van der Waals surface area contributed by atoms with Crippen LogP contribution in [-0.4, -0.2) is 4.98 Å². The average molecular weight is 228 g/mol. The van der Waals surface area contributed by atoms with E-state index in [0.29, 0.717) is 5.69 Å². The quantitative estimate of drug-likeness (QED) is 0.474. The van der Waals surface area contributed by atoms with Gasteiger partial charge in [-0.2, -0.15) is 0 Å². The maximum atomic E-state index is 11.2. The van der Waals surface area contributed by atoms with E-state index >= 15 is 0 Å². The molecule has 0 saturated carbocycles. The van der Waals surface area contributed by atoms with E-state index in [4.69, 9.17) is 5.73 Å². The Morgan fingerprint density at radius 2 is 2.00 bits per heavy atom. The average Bonchev–Trinajstić information content (AvgIpc) is 2.26. The number of aromatic nitrogens is 1. The highest BCUT2D eigenvalue weighted by Gasteiger charge is 2.06. The van der Waals surface area contributed by atoms with Gasteiger partial charge in [-0.1, -0.05) is 0 Å². The molecule has 3 rings (SSSR count). The summed E-state index contributed by atoms with van der Waals surface area (Å²) in [4.78, 5) is 16.6. The first-order chi connectivity index (χ1) is 7.72. The van der Waals surface area contributed by atoms with E-state index < -0.39 is 0 Å². The fraction of sp³-hybridized carbons (Fsp3) is 0. The van der Waals surface area contributed by atoms with Gasteiger partial charge in [0.2, 0.25) is 0 Å². The Labute approximate surface area is 95.5 Å². The molecule has 0 fully saturated rings. The SMILES string of the molecule is Nc1ccc2nc3ccc(=O)cc-3sc2c1. The van der Waals surface area contributed by atoms with Gasteiger partial charge in [-0.3, -0.25) is 4.79 Å². The van der Waals surface area contributed by atoms with Gasteiger partial charge in [-0.15, -0.1) is 11.3 Å². The molecule has 2 aliphatic rings. The van der Waals surface area contributed by atoms with Crippen molar-refractivity contribution >= 4 is 27.2 Å². The molecule has 1 aliphatic carbocycles. The number of rotatable bonds is 0. The first-order valence-electron chi connectivity index (χ1n) is 4.82. The lowest BCUT2D eigenvalue weighted by molar-refractivity contribution is 1.41. The van der Waals surface area contributed by atoms with Crippen LogP contribution in [-0.2, 0) is 0 Å². The van der Waals surface area contributed by atoms with Gasteiger partial charge in [0, 0.05) is 11.8 Å². The highest BCUT2D eigenvalue weighted by molar-refractivity contribution is 7.21. The van der Waals surface area contributed by atoms with E-state index in [1.54, 1.807) is 12.1 Å². The number of fused-ring (bicyclic) bond motifs is 2. The van der Waals surface area contributed by atoms with Crippen molar-refractivity contribution in [2.24, 2.45) is 0 Å². The Morgan fingerprint density at radius 3 is 2.88 bits per heavy atom. The van der Waals surface area contributed by atoms with E-state index in [2.05, 4.69) is 4.98 Å². The molecule has 1 aliphatic heterocycles. The molecule has 0 aromatic heterocycles. The third kappa shape index (κ3) is 1.44. The lowest BCUT2D eigenvalue weighted by atomic mass is 10.2. The van der Waals surface area contributed by atoms with Gasteiger partial charge < -0.3 is 5.73 Å². The molecule has 0 spiro atoms. The van der Waals surface area contributed by atoms with Gasteiger partial charge in [-0.05, 0) is 30.3 Å². The minimum absolute atomic E-state index is 0.00815. The predicted molar refractivity (Wildman–Crippen MR) is 66.9 cm³/mol. The minimum atomic E-state index is 0.00815. The van der Waals surface area contributed by atoms with Crippen LogP contribution < -0.4 is 11.2 Å². The fourth-order valence-electron chi connectivity index (χ4n) is 1.62. The molecule has 1 aromatic rings. The van der Waals surface area contributed by atoms with Gasteiger partial charge in [0.25, 0.3) is 0 Å². The number of nitrogens with zero attached hydrogens (tertiary/aromatic N) is 1. The summed E-state index contributed by atoms with van der Waals surface area (Å²) in [6.45, 7) is 0. The van der Waals surface area contributed by atoms with Crippen LogP contribution in [0.2, 0.25) is 0 Å². The minimum Gasteiger partial charge on any atom is -0.399 e. The third-order valence-electron chi connectivity index (χ3n) is 2.38. The Kier molecular flexibility index (Phi) is 1.91. The second-order valence-corrected chi connectivity index (χ2v) is 4.65. The number of anilines is 1. The zero-order valence-electron chi connectivity index (χ0n) is 8.31. The Morgan fingerprint density at radius 1 is 1.12 bits per heavy atom. The van der Waals surface area contributed by atoms with Crippen molar-refractivity contribution in [2.75, 3.05) is 5.73 Å². The second kappa shape index (κ2) is 3.28. The predicted octanol–water partition coefficient (Wildman–Crippen LogP) is 2.34. The standard InChI is InChI=1S/C12H8N2OS/c13-7-1-3-9-11(5-7)16-12-6-8(15)2-4-10(12)14-9/h1-6H,13H2. The van der Waals surface area contributed by atoms with Gasteiger partial charge in [-0.25, -0.2) is 4.98 Å². The first-order valence-corrected chi connectivity index (χ1v) is 5.64. The van der Waals surface area contributed by atoms with Gasteiger partial charge in [0.05, 0.1) is 20.8 Å². The normalized spacial score (nSPS) is 11.0. The van der Waals surface area contributed by atoms with Gasteiger partial charge >= 0.3 is 0 Å².